The summed E-state index contributed by atoms with van der Waals surface area (Å²) in [7, 11) is 0. The van der Waals surface area contributed by atoms with Crippen LogP contribution in [0, 0.1) is 5.92 Å². The Labute approximate surface area is 112 Å². The molecule has 0 spiro atoms. The first-order valence-corrected chi connectivity index (χ1v) is 6.70. The molecule has 19 heavy (non-hydrogen) atoms. The third-order valence-corrected chi connectivity index (χ3v) is 3.77. The van der Waals surface area contributed by atoms with Crippen LogP contribution in [-0.2, 0) is 14.3 Å². The van der Waals surface area contributed by atoms with E-state index in [-0.39, 0.29) is 29.8 Å². The van der Waals surface area contributed by atoms with E-state index < -0.39 is 0 Å². The lowest BCUT2D eigenvalue weighted by molar-refractivity contribution is -0.126. The third-order valence-electron chi connectivity index (χ3n) is 3.77. The van der Waals surface area contributed by atoms with Crippen molar-refractivity contribution >= 4 is 11.8 Å². The Kier molecular flexibility index (Phi) is 4.73. The Bertz CT molecular complexity index is 342. The Morgan fingerprint density at radius 2 is 1.95 bits per heavy atom. The highest BCUT2D eigenvalue weighted by atomic mass is 16.5. The van der Waals surface area contributed by atoms with Crippen LogP contribution in [-0.4, -0.2) is 61.6 Å². The van der Waals surface area contributed by atoms with Gasteiger partial charge in [-0.2, -0.15) is 0 Å². The van der Waals surface area contributed by atoms with Crippen LogP contribution in [0.2, 0.25) is 0 Å². The molecular formula is C12H22N4O3. The van der Waals surface area contributed by atoms with Crippen LogP contribution in [0.5, 0.6) is 0 Å². The van der Waals surface area contributed by atoms with E-state index in [0.717, 1.165) is 25.9 Å². The van der Waals surface area contributed by atoms with Gasteiger partial charge in [0.25, 0.3) is 0 Å². The first-order valence-electron chi connectivity index (χ1n) is 6.70. The van der Waals surface area contributed by atoms with E-state index in [4.69, 9.17) is 16.2 Å². The number of amides is 2. The Balaban J connectivity index is 1.73. The minimum absolute atomic E-state index is 0.0154. The van der Waals surface area contributed by atoms with Gasteiger partial charge in [0.05, 0.1) is 25.7 Å². The van der Waals surface area contributed by atoms with E-state index in [2.05, 4.69) is 5.32 Å². The summed E-state index contributed by atoms with van der Waals surface area (Å²) in [6.07, 6.45) is 1.67. The molecule has 2 amide bonds. The number of primary amides is 1. The number of nitrogens with zero attached hydrogens (tertiary/aromatic N) is 1. The smallest absolute Gasteiger partial charge is 0.231 e. The van der Waals surface area contributed by atoms with Crippen molar-refractivity contribution in [3.63, 3.8) is 0 Å². The fraction of sp³-hybridized carbons (Fsp3) is 0.833. The molecule has 7 nitrogen and oxygen atoms in total. The number of piperidine rings is 1. The maximum absolute atomic E-state index is 12.0. The van der Waals surface area contributed by atoms with Crippen molar-refractivity contribution in [2.24, 2.45) is 17.4 Å². The third kappa shape index (κ3) is 3.89. The molecular weight excluding hydrogens is 248 g/mol. The van der Waals surface area contributed by atoms with Gasteiger partial charge in [0.15, 0.2) is 0 Å². The number of nitrogens with two attached hydrogens (primary N) is 2. The van der Waals surface area contributed by atoms with Crippen LogP contribution < -0.4 is 16.8 Å². The van der Waals surface area contributed by atoms with Gasteiger partial charge in [0, 0.05) is 25.2 Å². The monoisotopic (exact) mass is 270 g/mol. The topological polar surface area (TPSA) is 111 Å². The molecule has 2 aliphatic rings. The maximum atomic E-state index is 12.0. The van der Waals surface area contributed by atoms with Crippen LogP contribution in [0.3, 0.4) is 0 Å². The molecule has 2 atom stereocenters. The van der Waals surface area contributed by atoms with Gasteiger partial charge in [0.1, 0.15) is 0 Å². The molecule has 0 aromatic carbocycles. The summed E-state index contributed by atoms with van der Waals surface area (Å²) < 4.78 is 5.20. The van der Waals surface area contributed by atoms with Gasteiger partial charge in [-0.1, -0.05) is 0 Å². The lowest BCUT2D eigenvalue weighted by Crippen LogP contribution is -2.50. The lowest BCUT2D eigenvalue weighted by atomic mass is 10.0. The number of ether oxygens (including phenoxy) is 1. The molecule has 2 aliphatic heterocycles. The molecule has 108 valence electrons. The number of carbonyl (C=O) groups excluding carboxylic acids is 2. The van der Waals surface area contributed by atoms with Crippen LogP contribution >= 0.6 is 0 Å². The molecule has 0 saturated carbocycles. The number of nitrogens with one attached hydrogen (secondary N) is 1. The summed E-state index contributed by atoms with van der Waals surface area (Å²) >= 11 is 0. The second-order valence-corrected chi connectivity index (χ2v) is 5.33. The fourth-order valence-corrected chi connectivity index (χ4v) is 2.60. The Morgan fingerprint density at radius 1 is 1.26 bits per heavy atom. The number of likely N-dealkylation sites (tertiary alicyclic amines) is 1. The standard InChI is InChI=1S/C12H22N4O3/c13-10-7-19-6-9(10)12(18)15-8-1-3-16(4-2-8)5-11(14)17/h8-10H,1-7,13H2,(H2,14,17)(H,15,18). The van der Waals surface area contributed by atoms with E-state index in [1.807, 2.05) is 4.90 Å². The molecule has 7 heteroatoms. The van der Waals surface area contributed by atoms with Crippen molar-refractivity contribution in [2.75, 3.05) is 32.8 Å². The fourth-order valence-electron chi connectivity index (χ4n) is 2.60. The SMILES string of the molecule is NC(=O)CN1CCC(NC(=O)C2COCC2N)CC1. The van der Waals surface area contributed by atoms with Crippen molar-refractivity contribution in [3.8, 4) is 0 Å². The van der Waals surface area contributed by atoms with Crippen molar-refractivity contribution < 1.29 is 14.3 Å². The number of rotatable bonds is 4. The van der Waals surface area contributed by atoms with E-state index in [1.165, 1.54) is 0 Å². The van der Waals surface area contributed by atoms with E-state index in [0.29, 0.717) is 19.8 Å². The molecule has 0 radical (unpaired) electrons. The van der Waals surface area contributed by atoms with Gasteiger partial charge in [-0.05, 0) is 12.8 Å². The predicted molar refractivity (Wildman–Crippen MR) is 69.1 cm³/mol. The van der Waals surface area contributed by atoms with Gasteiger partial charge in [-0.15, -0.1) is 0 Å². The molecule has 2 rings (SSSR count). The first kappa shape index (κ1) is 14.2. The van der Waals surface area contributed by atoms with Gasteiger partial charge in [0.2, 0.25) is 11.8 Å². The van der Waals surface area contributed by atoms with E-state index in [9.17, 15) is 9.59 Å². The quantitative estimate of drug-likeness (QED) is 0.548. The zero-order valence-electron chi connectivity index (χ0n) is 11.0. The van der Waals surface area contributed by atoms with Crippen molar-refractivity contribution in [1.82, 2.24) is 10.2 Å². The van der Waals surface area contributed by atoms with Gasteiger partial charge in [-0.25, -0.2) is 0 Å². The van der Waals surface area contributed by atoms with Crippen LogP contribution in [0.15, 0.2) is 0 Å². The Morgan fingerprint density at radius 3 is 2.47 bits per heavy atom. The van der Waals surface area contributed by atoms with Crippen LogP contribution in [0.1, 0.15) is 12.8 Å². The van der Waals surface area contributed by atoms with Crippen molar-refractivity contribution in [1.29, 1.82) is 0 Å². The van der Waals surface area contributed by atoms with E-state index >= 15 is 0 Å². The molecule has 0 bridgehead atoms. The summed E-state index contributed by atoms with van der Waals surface area (Å²) in [5.74, 6) is -0.557. The Hall–Kier alpha value is -1.18. The highest BCUT2D eigenvalue weighted by molar-refractivity contribution is 5.80. The van der Waals surface area contributed by atoms with Gasteiger partial charge < -0.3 is 21.5 Å². The molecule has 0 aliphatic carbocycles. The van der Waals surface area contributed by atoms with Gasteiger partial charge in [-0.3, -0.25) is 14.5 Å². The molecule has 2 saturated heterocycles. The minimum atomic E-state index is -0.309. The van der Waals surface area contributed by atoms with Crippen molar-refractivity contribution in [2.45, 2.75) is 24.9 Å². The average Bonchev–Trinajstić information content (AvgIpc) is 2.77. The summed E-state index contributed by atoms with van der Waals surface area (Å²) in [6, 6.07) is -0.0422. The largest absolute Gasteiger partial charge is 0.379 e. The maximum Gasteiger partial charge on any atom is 0.231 e. The summed E-state index contributed by atoms with van der Waals surface area (Å²) in [4.78, 5) is 24.9. The van der Waals surface area contributed by atoms with Gasteiger partial charge >= 0.3 is 0 Å². The molecule has 2 unspecified atom stereocenters. The molecule has 0 aromatic heterocycles. The zero-order chi connectivity index (χ0) is 13.8. The van der Waals surface area contributed by atoms with Crippen LogP contribution in [0.25, 0.3) is 0 Å². The van der Waals surface area contributed by atoms with E-state index in [1.54, 1.807) is 0 Å². The number of hydrogen-bond donors (Lipinski definition) is 3. The second-order valence-electron chi connectivity index (χ2n) is 5.33. The number of carbonyl (C=O) groups is 2. The highest BCUT2D eigenvalue weighted by Crippen LogP contribution is 2.14. The lowest BCUT2D eigenvalue weighted by Gasteiger charge is -2.32. The first-order chi connectivity index (χ1) is 9.06. The zero-order valence-corrected chi connectivity index (χ0v) is 11.0. The molecule has 2 heterocycles. The highest BCUT2D eigenvalue weighted by Gasteiger charge is 2.33. The minimum Gasteiger partial charge on any atom is -0.379 e. The summed E-state index contributed by atoms with van der Waals surface area (Å²) in [5, 5.41) is 3.02. The van der Waals surface area contributed by atoms with Crippen molar-refractivity contribution in [3.05, 3.63) is 0 Å². The molecule has 2 fully saturated rings. The molecule has 0 aromatic rings. The number of hydrogen-bond acceptors (Lipinski definition) is 5. The van der Waals surface area contributed by atoms with Crippen LogP contribution in [0.4, 0.5) is 0 Å². The summed E-state index contributed by atoms with van der Waals surface area (Å²) in [6.45, 7) is 2.72. The predicted octanol–water partition coefficient (Wildman–Crippen LogP) is -1.97. The second kappa shape index (κ2) is 6.31. The molecule has 5 N–H and O–H groups in total. The summed E-state index contributed by atoms with van der Waals surface area (Å²) in [5.41, 5.74) is 11.0. The normalized spacial score (nSPS) is 29.3. The average molecular weight is 270 g/mol.